The Morgan fingerprint density at radius 2 is 0.923 bits per heavy atom. The van der Waals surface area contributed by atoms with Crippen molar-refractivity contribution in [3.8, 4) is 33.5 Å². The van der Waals surface area contributed by atoms with Crippen molar-refractivity contribution < 1.29 is 4.42 Å². The second-order valence-electron chi connectivity index (χ2n) is 12.7. The zero-order chi connectivity index (χ0) is 34.4. The van der Waals surface area contributed by atoms with Crippen molar-refractivity contribution in [2.24, 2.45) is 0 Å². The topological polar surface area (TPSA) is 80.8 Å². The molecule has 0 amide bonds. The minimum absolute atomic E-state index is 0.829. The van der Waals surface area contributed by atoms with Crippen LogP contribution in [0.15, 0.2) is 175 Å². The minimum Gasteiger partial charge on any atom is -0.456 e. The zero-order valence-corrected chi connectivity index (χ0v) is 27.8. The SMILES string of the molecule is c1ccc2c(c1)oc1cc(-c3ccc(N(c4ccc(-c5ccc6cncnc6c5)cc4)c4ccc(-c5ccc6cncnc6c5)cc4)cc3)ncc12. The van der Waals surface area contributed by atoms with Crippen molar-refractivity contribution in [3.05, 3.63) is 171 Å². The van der Waals surface area contributed by atoms with Crippen molar-refractivity contribution in [2.45, 2.75) is 0 Å². The Kier molecular flexibility index (Phi) is 6.99. The van der Waals surface area contributed by atoms with Gasteiger partial charge in [-0.2, -0.15) is 0 Å². The maximum absolute atomic E-state index is 6.16. The number of rotatable bonds is 6. The maximum atomic E-state index is 6.16. The van der Waals surface area contributed by atoms with Crippen LogP contribution in [-0.2, 0) is 0 Å². The summed E-state index contributed by atoms with van der Waals surface area (Å²) in [5, 5.41) is 4.13. The van der Waals surface area contributed by atoms with Crippen molar-refractivity contribution >= 4 is 60.8 Å². The first kappa shape index (κ1) is 29.6. The number of anilines is 3. The van der Waals surface area contributed by atoms with E-state index in [2.05, 4.69) is 140 Å². The quantitative estimate of drug-likeness (QED) is 0.174. The normalized spacial score (nSPS) is 11.5. The molecule has 10 rings (SSSR count). The molecule has 7 nitrogen and oxygen atoms in total. The molecule has 4 heterocycles. The summed E-state index contributed by atoms with van der Waals surface area (Å²) in [6.45, 7) is 0. The third-order valence-electron chi connectivity index (χ3n) is 9.62. The summed E-state index contributed by atoms with van der Waals surface area (Å²) in [6, 6.07) is 48.5. The Morgan fingerprint density at radius 3 is 1.50 bits per heavy atom. The summed E-state index contributed by atoms with van der Waals surface area (Å²) in [4.78, 5) is 24.3. The monoisotopic (exact) mass is 668 g/mol. The summed E-state index contributed by atoms with van der Waals surface area (Å²) in [5.41, 5.74) is 12.9. The van der Waals surface area contributed by atoms with Crippen LogP contribution in [0.4, 0.5) is 17.1 Å². The molecule has 0 saturated heterocycles. The predicted molar refractivity (Wildman–Crippen MR) is 209 cm³/mol. The van der Waals surface area contributed by atoms with E-state index in [9.17, 15) is 0 Å². The van der Waals surface area contributed by atoms with Crippen LogP contribution < -0.4 is 4.90 Å². The molecule has 0 bridgehead atoms. The average Bonchev–Trinajstić information content (AvgIpc) is 3.59. The van der Waals surface area contributed by atoms with E-state index >= 15 is 0 Å². The fourth-order valence-electron chi connectivity index (χ4n) is 6.92. The van der Waals surface area contributed by atoms with E-state index < -0.39 is 0 Å². The lowest BCUT2D eigenvalue weighted by Gasteiger charge is -2.26. The van der Waals surface area contributed by atoms with Gasteiger partial charge in [-0.15, -0.1) is 0 Å². The summed E-state index contributed by atoms with van der Waals surface area (Å²) in [6.07, 6.45) is 8.76. The number of furan rings is 1. The first-order valence-corrected chi connectivity index (χ1v) is 17.0. The maximum Gasteiger partial charge on any atom is 0.139 e. The van der Waals surface area contributed by atoms with E-state index in [0.717, 1.165) is 94.3 Å². The van der Waals surface area contributed by atoms with Crippen LogP contribution >= 0.6 is 0 Å². The second kappa shape index (κ2) is 12.3. The van der Waals surface area contributed by atoms with Gasteiger partial charge in [-0.1, -0.05) is 78.9 Å². The standard InChI is InChI=1S/C45H28N6O/c1-2-4-44-39(3-1)40-26-48-43(23-45(40)52-44)31-13-19-38(20-14-31)51(36-15-9-29(10-16-36)32-5-7-34-24-46-27-49-41(34)21-32)37-17-11-30(12-18-37)33-6-8-35-25-47-28-50-42(35)22-33/h1-28H. The highest BCUT2D eigenvalue weighted by atomic mass is 16.3. The molecular formula is C45H28N6O. The number of nitrogens with zero attached hydrogens (tertiary/aromatic N) is 6. The van der Waals surface area contributed by atoms with Gasteiger partial charge in [0.2, 0.25) is 0 Å². The Hall–Kier alpha value is -7.25. The fraction of sp³-hybridized carbons (Fsp3) is 0. The van der Waals surface area contributed by atoms with Crippen LogP contribution in [0, 0.1) is 0 Å². The van der Waals surface area contributed by atoms with Crippen LogP contribution in [0.5, 0.6) is 0 Å². The van der Waals surface area contributed by atoms with Gasteiger partial charge in [-0.05, 0) is 76.9 Å². The first-order chi connectivity index (χ1) is 25.7. The van der Waals surface area contributed by atoms with Gasteiger partial charge in [-0.3, -0.25) is 4.98 Å². The minimum atomic E-state index is 0.829. The number of benzene rings is 6. The molecule has 0 N–H and O–H groups in total. The molecule has 0 fully saturated rings. The van der Waals surface area contributed by atoms with Gasteiger partial charge in [0, 0.05) is 68.8 Å². The first-order valence-electron chi connectivity index (χ1n) is 17.0. The molecule has 0 unspecified atom stereocenters. The van der Waals surface area contributed by atoms with E-state index in [1.54, 1.807) is 12.7 Å². The number of aromatic nitrogens is 5. The van der Waals surface area contributed by atoms with Crippen molar-refractivity contribution in [1.82, 2.24) is 24.9 Å². The van der Waals surface area contributed by atoms with E-state index in [1.807, 2.05) is 42.9 Å². The molecule has 7 heteroatoms. The third kappa shape index (κ3) is 5.28. The molecule has 0 aliphatic heterocycles. The second-order valence-corrected chi connectivity index (χ2v) is 12.7. The lowest BCUT2D eigenvalue weighted by atomic mass is 10.0. The highest BCUT2D eigenvalue weighted by Crippen LogP contribution is 2.38. The summed E-state index contributed by atoms with van der Waals surface area (Å²) >= 11 is 0. The lowest BCUT2D eigenvalue weighted by molar-refractivity contribution is 0.668. The van der Waals surface area contributed by atoms with Crippen molar-refractivity contribution in [1.29, 1.82) is 0 Å². The van der Waals surface area contributed by atoms with Gasteiger partial charge in [-0.25, -0.2) is 19.9 Å². The summed E-state index contributed by atoms with van der Waals surface area (Å²) < 4.78 is 6.16. The lowest BCUT2D eigenvalue weighted by Crippen LogP contribution is -2.09. The highest BCUT2D eigenvalue weighted by molar-refractivity contribution is 6.05. The molecule has 0 saturated carbocycles. The van der Waals surface area contributed by atoms with Gasteiger partial charge in [0.25, 0.3) is 0 Å². The number of hydrogen-bond acceptors (Lipinski definition) is 7. The molecule has 10 aromatic rings. The van der Waals surface area contributed by atoms with Crippen LogP contribution in [0.2, 0.25) is 0 Å². The Morgan fingerprint density at radius 1 is 0.404 bits per heavy atom. The summed E-state index contributed by atoms with van der Waals surface area (Å²) in [5.74, 6) is 0. The molecule has 0 radical (unpaired) electrons. The van der Waals surface area contributed by atoms with Crippen LogP contribution in [0.1, 0.15) is 0 Å². The van der Waals surface area contributed by atoms with Gasteiger partial charge in [0.1, 0.15) is 23.8 Å². The largest absolute Gasteiger partial charge is 0.456 e. The van der Waals surface area contributed by atoms with Crippen molar-refractivity contribution in [2.75, 3.05) is 4.90 Å². The summed E-state index contributed by atoms with van der Waals surface area (Å²) in [7, 11) is 0. The molecule has 4 aromatic heterocycles. The Bertz CT molecular complexity index is 2780. The molecule has 0 aliphatic carbocycles. The van der Waals surface area contributed by atoms with E-state index in [-0.39, 0.29) is 0 Å². The van der Waals surface area contributed by atoms with Crippen LogP contribution in [0.25, 0.3) is 77.3 Å². The smallest absolute Gasteiger partial charge is 0.139 e. The molecule has 6 aromatic carbocycles. The van der Waals surface area contributed by atoms with Gasteiger partial charge >= 0.3 is 0 Å². The average molecular weight is 669 g/mol. The Balaban J connectivity index is 1.02. The fourth-order valence-corrected chi connectivity index (χ4v) is 6.92. The zero-order valence-electron chi connectivity index (χ0n) is 27.8. The number of para-hydroxylation sites is 1. The third-order valence-corrected chi connectivity index (χ3v) is 9.62. The molecule has 0 aliphatic rings. The Labute approximate surface area is 298 Å². The number of pyridine rings is 1. The number of fused-ring (bicyclic) bond motifs is 5. The van der Waals surface area contributed by atoms with Gasteiger partial charge in [0.05, 0.1) is 16.7 Å². The molecule has 52 heavy (non-hydrogen) atoms. The van der Waals surface area contributed by atoms with E-state index in [4.69, 9.17) is 9.40 Å². The molecule has 0 atom stereocenters. The van der Waals surface area contributed by atoms with E-state index in [1.165, 1.54) is 0 Å². The van der Waals surface area contributed by atoms with Crippen molar-refractivity contribution in [3.63, 3.8) is 0 Å². The van der Waals surface area contributed by atoms with Crippen LogP contribution in [-0.4, -0.2) is 24.9 Å². The predicted octanol–water partition coefficient (Wildman–Crippen LogP) is 11.3. The van der Waals surface area contributed by atoms with Crippen LogP contribution in [0.3, 0.4) is 0 Å². The molecule has 244 valence electrons. The molecule has 0 spiro atoms. The van der Waals surface area contributed by atoms with Gasteiger partial charge < -0.3 is 9.32 Å². The van der Waals surface area contributed by atoms with Gasteiger partial charge in [0.15, 0.2) is 0 Å². The highest BCUT2D eigenvalue weighted by Gasteiger charge is 2.15. The molecular weight excluding hydrogens is 641 g/mol. The van der Waals surface area contributed by atoms with E-state index in [0.29, 0.717) is 0 Å². The number of hydrogen-bond donors (Lipinski definition) is 0.